The van der Waals surface area contributed by atoms with E-state index < -0.39 is 0 Å². The van der Waals surface area contributed by atoms with E-state index in [4.69, 9.17) is 9.94 Å². The number of hydroxylamine groups is 1. The van der Waals surface area contributed by atoms with Crippen molar-refractivity contribution in [3.05, 3.63) is 18.5 Å². The van der Waals surface area contributed by atoms with Crippen LogP contribution in [0.5, 0.6) is 11.5 Å². The van der Waals surface area contributed by atoms with E-state index in [2.05, 4.69) is 14.9 Å². The number of anilines is 1. The number of phenolic OH excluding ortho intramolecular Hbond substituents is 1. The number of benzene rings is 1. The topological polar surface area (TPSA) is 108 Å². The second-order valence-electron chi connectivity index (χ2n) is 5.91. The molecule has 128 valence electrons. The van der Waals surface area contributed by atoms with E-state index in [0.29, 0.717) is 17.7 Å². The Hall–Kier alpha value is -2.61. The molecule has 3 N–H and O–H groups in total. The quantitative estimate of drug-likeness (QED) is 0.574. The molecule has 0 unspecified atom stereocenters. The molecule has 1 amide bonds. The molecule has 0 atom stereocenters. The molecule has 8 heteroatoms. The molecule has 1 aliphatic rings. The molecule has 8 nitrogen and oxygen atoms in total. The first-order chi connectivity index (χ1) is 11.6. The summed E-state index contributed by atoms with van der Waals surface area (Å²) >= 11 is 0. The van der Waals surface area contributed by atoms with Crippen molar-refractivity contribution < 1.29 is 19.8 Å². The lowest BCUT2D eigenvalue weighted by Gasteiger charge is -2.33. The van der Waals surface area contributed by atoms with Gasteiger partial charge in [0, 0.05) is 31.0 Å². The third kappa shape index (κ3) is 3.18. The number of phenols is 1. The summed E-state index contributed by atoms with van der Waals surface area (Å²) in [4.78, 5) is 22.0. The van der Waals surface area contributed by atoms with Gasteiger partial charge in [0.05, 0.1) is 12.6 Å². The van der Waals surface area contributed by atoms with Crippen LogP contribution >= 0.6 is 0 Å². The average molecular weight is 332 g/mol. The Morgan fingerprint density at radius 1 is 1.38 bits per heavy atom. The van der Waals surface area contributed by atoms with Gasteiger partial charge >= 0.3 is 0 Å². The lowest BCUT2D eigenvalue weighted by atomic mass is 9.93. The van der Waals surface area contributed by atoms with Crippen molar-refractivity contribution in [3.8, 4) is 11.5 Å². The minimum absolute atomic E-state index is 0.0448. The van der Waals surface area contributed by atoms with Crippen LogP contribution in [-0.4, -0.2) is 46.4 Å². The molecule has 1 fully saturated rings. The van der Waals surface area contributed by atoms with E-state index in [1.165, 1.54) is 13.4 Å². The van der Waals surface area contributed by atoms with Crippen LogP contribution in [0.15, 0.2) is 18.5 Å². The molecule has 0 bridgehead atoms. The van der Waals surface area contributed by atoms with Crippen LogP contribution in [0.4, 0.5) is 5.82 Å². The lowest BCUT2D eigenvalue weighted by molar-refractivity contribution is -0.130. The number of hydrogen-bond acceptors (Lipinski definition) is 7. The van der Waals surface area contributed by atoms with Crippen LogP contribution in [-0.2, 0) is 4.79 Å². The molecule has 1 aliphatic heterocycles. The van der Waals surface area contributed by atoms with Crippen LogP contribution in [0.2, 0.25) is 0 Å². The summed E-state index contributed by atoms with van der Waals surface area (Å²) in [5.41, 5.74) is 2.34. The van der Waals surface area contributed by atoms with Gasteiger partial charge in [-0.25, -0.2) is 15.4 Å². The summed E-state index contributed by atoms with van der Waals surface area (Å²) < 4.78 is 5.18. The van der Waals surface area contributed by atoms with Crippen molar-refractivity contribution in [2.45, 2.75) is 19.3 Å². The van der Waals surface area contributed by atoms with Gasteiger partial charge in [-0.15, -0.1) is 0 Å². The Kier molecular flexibility index (Phi) is 4.66. The molecule has 1 aromatic carbocycles. The standard InChI is InChI=1S/C16H20N4O4/c1-24-14-7-11-12(8-13(14)21)17-9-18-16(11)20-4-2-10(3-5-20)6-15(22)19-23/h7-10,21,23H,2-6H2,1H3,(H,19,22). The lowest BCUT2D eigenvalue weighted by Crippen LogP contribution is -2.36. The molecule has 24 heavy (non-hydrogen) atoms. The highest BCUT2D eigenvalue weighted by Crippen LogP contribution is 2.35. The fourth-order valence-electron chi connectivity index (χ4n) is 3.13. The smallest absolute Gasteiger partial charge is 0.243 e. The first kappa shape index (κ1) is 16.3. The molecule has 2 aromatic rings. The zero-order valence-electron chi connectivity index (χ0n) is 13.4. The first-order valence-corrected chi connectivity index (χ1v) is 7.82. The molecular formula is C16H20N4O4. The molecule has 0 spiro atoms. The number of methoxy groups -OCH3 is 1. The molecule has 1 saturated heterocycles. The monoisotopic (exact) mass is 332 g/mol. The molecule has 3 rings (SSSR count). The zero-order valence-corrected chi connectivity index (χ0v) is 13.4. The number of aromatic hydroxyl groups is 1. The van der Waals surface area contributed by atoms with Crippen LogP contribution in [0.1, 0.15) is 19.3 Å². The maximum Gasteiger partial charge on any atom is 0.243 e. The second kappa shape index (κ2) is 6.88. The summed E-state index contributed by atoms with van der Waals surface area (Å²) in [6.45, 7) is 1.53. The third-order valence-corrected chi connectivity index (χ3v) is 4.43. The van der Waals surface area contributed by atoms with Gasteiger partial charge in [-0.05, 0) is 24.8 Å². The zero-order chi connectivity index (χ0) is 17.1. The number of hydrogen-bond donors (Lipinski definition) is 3. The average Bonchev–Trinajstić information content (AvgIpc) is 2.61. The second-order valence-corrected chi connectivity index (χ2v) is 5.91. The van der Waals surface area contributed by atoms with Gasteiger partial charge in [0.2, 0.25) is 5.91 Å². The van der Waals surface area contributed by atoms with E-state index in [1.54, 1.807) is 17.6 Å². The van der Waals surface area contributed by atoms with Crippen molar-refractivity contribution in [2.24, 2.45) is 5.92 Å². The first-order valence-electron chi connectivity index (χ1n) is 7.82. The van der Waals surface area contributed by atoms with Gasteiger partial charge in [0.1, 0.15) is 12.1 Å². The minimum Gasteiger partial charge on any atom is -0.504 e. The van der Waals surface area contributed by atoms with Gasteiger partial charge in [0.15, 0.2) is 11.5 Å². The van der Waals surface area contributed by atoms with Gasteiger partial charge in [-0.3, -0.25) is 10.0 Å². The fourth-order valence-corrected chi connectivity index (χ4v) is 3.13. The number of nitrogens with one attached hydrogen (secondary N) is 1. The summed E-state index contributed by atoms with van der Waals surface area (Å²) in [5.74, 6) is 1.13. The summed E-state index contributed by atoms with van der Waals surface area (Å²) in [7, 11) is 1.50. The molecular weight excluding hydrogens is 312 g/mol. The van der Waals surface area contributed by atoms with Crippen molar-refractivity contribution in [3.63, 3.8) is 0 Å². The van der Waals surface area contributed by atoms with Crippen molar-refractivity contribution >= 4 is 22.6 Å². The summed E-state index contributed by atoms with van der Waals surface area (Å²) in [6.07, 6.45) is 3.49. The Morgan fingerprint density at radius 3 is 2.79 bits per heavy atom. The van der Waals surface area contributed by atoms with Gasteiger partial charge in [-0.2, -0.15) is 0 Å². The Morgan fingerprint density at radius 2 is 2.12 bits per heavy atom. The number of fused-ring (bicyclic) bond motifs is 1. The third-order valence-electron chi connectivity index (χ3n) is 4.43. The Bertz CT molecular complexity index is 744. The number of amides is 1. The molecule has 0 saturated carbocycles. The van der Waals surface area contributed by atoms with Gasteiger partial charge in [0.25, 0.3) is 0 Å². The van der Waals surface area contributed by atoms with Crippen LogP contribution in [0.25, 0.3) is 10.9 Å². The largest absolute Gasteiger partial charge is 0.504 e. The molecule has 2 heterocycles. The number of carbonyl (C=O) groups excluding carboxylic acids is 1. The summed E-state index contributed by atoms with van der Waals surface area (Å²) in [5, 5.41) is 19.3. The SMILES string of the molecule is COc1cc2c(N3CCC(CC(=O)NO)CC3)ncnc2cc1O. The van der Waals surface area contributed by atoms with E-state index in [9.17, 15) is 9.90 Å². The van der Waals surface area contributed by atoms with E-state index in [1.807, 2.05) is 0 Å². The normalized spacial score (nSPS) is 15.5. The van der Waals surface area contributed by atoms with Crippen molar-refractivity contribution in [1.82, 2.24) is 15.4 Å². The van der Waals surface area contributed by atoms with E-state index >= 15 is 0 Å². The number of ether oxygens (including phenoxy) is 1. The van der Waals surface area contributed by atoms with Crippen molar-refractivity contribution in [2.75, 3.05) is 25.1 Å². The number of rotatable bonds is 4. The maximum atomic E-state index is 11.3. The Labute approximate surface area is 139 Å². The van der Waals surface area contributed by atoms with E-state index in [-0.39, 0.29) is 17.6 Å². The predicted molar refractivity (Wildman–Crippen MR) is 87.2 cm³/mol. The van der Waals surface area contributed by atoms with Crippen molar-refractivity contribution in [1.29, 1.82) is 0 Å². The highest BCUT2D eigenvalue weighted by atomic mass is 16.5. The molecule has 0 aliphatic carbocycles. The summed E-state index contributed by atoms with van der Waals surface area (Å²) in [6, 6.07) is 3.31. The predicted octanol–water partition coefficient (Wildman–Crippen LogP) is 1.46. The van der Waals surface area contributed by atoms with Crippen LogP contribution in [0.3, 0.4) is 0 Å². The molecule has 0 radical (unpaired) electrons. The Balaban J connectivity index is 1.82. The van der Waals surface area contributed by atoms with Crippen LogP contribution in [0, 0.1) is 5.92 Å². The molecule has 1 aromatic heterocycles. The number of piperidine rings is 1. The highest BCUT2D eigenvalue weighted by molar-refractivity contribution is 5.92. The van der Waals surface area contributed by atoms with Gasteiger partial charge in [-0.1, -0.05) is 0 Å². The van der Waals surface area contributed by atoms with Gasteiger partial charge < -0.3 is 14.7 Å². The van der Waals surface area contributed by atoms with E-state index in [0.717, 1.165) is 37.1 Å². The fraction of sp³-hybridized carbons (Fsp3) is 0.438. The minimum atomic E-state index is -0.346. The number of carbonyl (C=O) groups is 1. The van der Waals surface area contributed by atoms with Crippen LogP contribution < -0.4 is 15.1 Å². The number of nitrogens with zero attached hydrogens (tertiary/aromatic N) is 3. The highest BCUT2D eigenvalue weighted by Gasteiger charge is 2.23. The maximum absolute atomic E-state index is 11.3. The number of aromatic nitrogens is 2.